The van der Waals surface area contributed by atoms with Crippen LogP contribution in [0.25, 0.3) is 6.08 Å². The molecule has 0 radical (unpaired) electrons. The summed E-state index contributed by atoms with van der Waals surface area (Å²) in [6.07, 6.45) is 2.66. The van der Waals surface area contributed by atoms with Crippen LogP contribution in [0.2, 0.25) is 0 Å². The lowest BCUT2D eigenvalue weighted by molar-refractivity contribution is -0.122. The van der Waals surface area contributed by atoms with Crippen LogP contribution in [-0.4, -0.2) is 37.8 Å². The number of anilines is 1. The first-order chi connectivity index (χ1) is 12.9. The zero-order chi connectivity index (χ0) is 19.4. The standard InChI is InChI=1S/C18H18N4O2S3/c1-11-5-7-13(8-6-11)10-14-16(24)22(18(25)27-14)9-3-4-15(23)19-17-21-20-12(2)26-17/h5-8,10H,3-4,9H2,1-2H3,(H,19,21,23). The number of carbonyl (C=O) groups is 2. The number of aromatic nitrogens is 2. The van der Waals surface area contributed by atoms with E-state index in [1.807, 2.05) is 44.2 Å². The van der Waals surface area contributed by atoms with Gasteiger partial charge in [0.2, 0.25) is 11.0 Å². The highest BCUT2D eigenvalue weighted by Crippen LogP contribution is 2.32. The van der Waals surface area contributed by atoms with Crippen LogP contribution in [0.1, 0.15) is 29.0 Å². The van der Waals surface area contributed by atoms with Gasteiger partial charge in [-0.2, -0.15) is 0 Å². The summed E-state index contributed by atoms with van der Waals surface area (Å²) in [5.74, 6) is -0.252. The smallest absolute Gasteiger partial charge is 0.266 e. The zero-order valence-electron chi connectivity index (χ0n) is 14.9. The van der Waals surface area contributed by atoms with Crippen LogP contribution in [0.3, 0.4) is 0 Å². The van der Waals surface area contributed by atoms with Crippen molar-refractivity contribution in [1.29, 1.82) is 0 Å². The van der Waals surface area contributed by atoms with Crippen LogP contribution in [0, 0.1) is 13.8 Å². The van der Waals surface area contributed by atoms with Crippen LogP contribution in [0.15, 0.2) is 29.2 Å². The van der Waals surface area contributed by atoms with E-state index in [4.69, 9.17) is 12.2 Å². The highest BCUT2D eigenvalue weighted by molar-refractivity contribution is 8.26. The van der Waals surface area contributed by atoms with Crippen LogP contribution in [0.4, 0.5) is 5.13 Å². The Bertz CT molecular complexity index is 906. The molecule has 1 N–H and O–H groups in total. The highest BCUT2D eigenvalue weighted by atomic mass is 32.2. The molecule has 2 heterocycles. The molecular weight excluding hydrogens is 400 g/mol. The van der Waals surface area contributed by atoms with E-state index in [0.717, 1.165) is 10.6 Å². The van der Waals surface area contributed by atoms with Crippen LogP contribution < -0.4 is 5.32 Å². The SMILES string of the molecule is Cc1ccc(C=C2SC(=S)N(CCCC(=O)Nc3nnc(C)s3)C2=O)cc1. The maximum atomic E-state index is 12.6. The number of nitrogens with one attached hydrogen (secondary N) is 1. The second-order valence-electron chi connectivity index (χ2n) is 6.02. The van der Waals surface area contributed by atoms with Crippen molar-refractivity contribution in [2.24, 2.45) is 0 Å². The Morgan fingerprint density at radius 2 is 2.00 bits per heavy atom. The minimum Gasteiger partial charge on any atom is -0.301 e. The van der Waals surface area contributed by atoms with E-state index >= 15 is 0 Å². The third-order valence-electron chi connectivity index (χ3n) is 3.81. The monoisotopic (exact) mass is 418 g/mol. The first kappa shape index (κ1) is 19.7. The number of thiocarbonyl (C=S) groups is 1. The molecule has 1 fully saturated rings. The number of aryl methyl sites for hydroxylation is 2. The molecule has 1 aromatic carbocycles. The fourth-order valence-electron chi connectivity index (χ4n) is 2.43. The predicted octanol–water partition coefficient (Wildman–Crippen LogP) is 3.78. The Hall–Kier alpha value is -2.10. The van der Waals surface area contributed by atoms with Gasteiger partial charge in [0, 0.05) is 13.0 Å². The quantitative estimate of drug-likeness (QED) is 0.568. The van der Waals surface area contributed by atoms with Crippen LogP contribution in [0.5, 0.6) is 0 Å². The van der Waals surface area contributed by atoms with Gasteiger partial charge in [-0.25, -0.2) is 0 Å². The van der Waals surface area contributed by atoms with Gasteiger partial charge in [0.15, 0.2) is 0 Å². The number of carbonyl (C=O) groups excluding carboxylic acids is 2. The first-order valence-electron chi connectivity index (χ1n) is 8.34. The number of thioether (sulfide) groups is 1. The molecule has 140 valence electrons. The van der Waals surface area contributed by atoms with E-state index < -0.39 is 0 Å². The Balaban J connectivity index is 1.53. The lowest BCUT2D eigenvalue weighted by Gasteiger charge is -2.13. The van der Waals surface area contributed by atoms with E-state index in [9.17, 15) is 9.59 Å². The topological polar surface area (TPSA) is 75.2 Å². The summed E-state index contributed by atoms with van der Waals surface area (Å²) in [4.78, 5) is 26.7. The Morgan fingerprint density at radius 1 is 1.26 bits per heavy atom. The number of rotatable bonds is 6. The summed E-state index contributed by atoms with van der Waals surface area (Å²) in [5.41, 5.74) is 2.13. The third kappa shape index (κ3) is 5.21. The van der Waals surface area contributed by atoms with E-state index in [1.165, 1.54) is 28.7 Å². The van der Waals surface area contributed by atoms with Crippen molar-refractivity contribution in [2.45, 2.75) is 26.7 Å². The van der Waals surface area contributed by atoms with Crippen molar-refractivity contribution in [3.05, 3.63) is 45.3 Å². The van der Waals surface area contributed by atoms with Gasteiger partial charge in [-0.15, -0.1) is 10.2 Å². The van der Waals surface area contributed by atoms with Crippen LogP contribution in [-0.2, 0) is 9.59 Å². The lowest BCUT2D eigenvalue weighted by Crippen LogP contribution is -2.29. The molecule has 6 nitrogen and oxygen atoms in total. The molecule has 27 heavy (non-hydrogen) atoms. The molecular formula is C18H18N4O2S3. The molecule has 3 rings (SSSR count). The summed E-state index contributed by atoms with van der Waals surface area (Å²) in [5, 5.41) is 11.7. The van der Waals surface area contributed by atoms with Gasteiger partial charge < -0.3 is 5.32 Å². The van der Waals surface area contributed by atoms with E-state index in [2.05, 4.69) is 15.5 Å². The molecule has 1 aliphatic rings. The van der Waals surface area contributed by atoms with E-state index in [-0.39, 0.29) is 18.2 Å². The summed E-state index contributed by atoms with van der Waals surface area (Å²) < 4.78 is 0.526. The predicted molar refractivity (Wildman–Crippen MR) is 114 cm³/mol. The second kappa shape index (κ2) is 8.73. The van der Waals surface area contributed by atoms with Gasteiger partial charge >= 0.3 is 0 Å². The van der Waals surface area contributed by atoms with Gasteiger partial charge in [0.1, 0.15) is 9.33 Å². The summed E-state index contributed by atoms with van der Waals surface area (Å²) in [7, 11) is 0. The van der Waals surface area contributed by atoms with Crippen molar-refractivity contribution in [1.82, 2.24) is 15.1 Å². The Morgan fingerprint density at radius 3 is 2.67 bits per heavy atom. The average Bonchev–Trinajstić information content (AvgIpc) is 3.14. The van der Waals surface area contributed by atoms with Crippen molar-refractivity contribution >= 4 is 62.7 Å². The van der Waals surface area contributed by atoms with Crippen LogP contribution >= 0.6 is 35.3 Å². The second-order valence-corrected chi connectivity index (χ2v) is 8.88. The maximum Gasteiger partial charge on any atom is 0.266 e. The maximum absolute atomic E-state index is 12.6. The van der Waals surface area contributed by atoms with Crippen molar-refractivity contribution < 1.29 is 9.59 Å². The van der Waals surface area contributed by atoms with E-state index in [0.29, 0.717) is 27.3 Å². The number of hydrogen-bond donors (Lipinski definition) is 1. The summed E-state index contributed by atoms with van der Waals surface area (Å²) in [6.45, 7) is 4.26. The molecule has 2 aromatic rings. The minimum atomic E-state index is -0.146. The zero-order valence-corrected chi connectivity index (χ0v) is 17.3. The lowest BCUT2D eigenvalue weighted by atomic mass is 10.1. The third-order valence-corrected chi connectivity index (χ3v) is 5.94. The van der Waals surface area contributed by atoms with Crippen molar-refractivity contribution in [2.75, 3.05) is 11.9 Å². The largest absolute Gasteiger partial charge is 0.301 e. The number of amides is 2. The molecule has 0 saturated carbocycles. The molecule has 0 unspecified atom stereocenters. The number of hydrogen-bond acceptors (Lipinski definition) is 7. The molecule has 2 amide bonds. The number of nitrogens with zero attached hydrogens (tertiary/aromatic N) is 3. The molecule has 0 aliphatic carbocycles. The average molecular weight is 419 g/mol. The van der Waals surface area contributed by atoms with Gasteiger partial charge in [-0.1, -0.05) is 65.1 Å². The van der Waals surface area contributed by atoms with Gasteiger partial charge in [0.05, 0.1) is 4.91 Å². The fourth-order valence-corrected chi connectivity index (χ4v) is 4.35. The number of benzene rings is 1. The van der Waals surface area contributed by atoms with Gasteiger partial charge in [-0.3, -0.25) is 14.5 Å². The molecule has 0 bridgehead atoms. The summed E-state index contributed by atoms with van der Waals surface area (Å²) in [6, 6.07) is 7.96. The molecule has 1 saturated heterocycles. The molecule has 0 spiro atoms. The van der Waals surface area contributed by atoms with Gasteiger partial charge in [-0.05, 0) is 31.9 Å². The molecule has 1 aromatic heterocycles. The molecule has 0 atom stereocenters. The van der Waals surface area contributed by atoms with Crippen molar-refractivity contribution in [3.63, 3.8) is 0 Å². The fraction of sp³-hybridized carbons (Fsp3) is 0.278. The van der Waals surface area contributed by atoms with Crippen molar-refractivity contribution in [3.8, 4) is 0 Å². The first-order valence-corrected chi connectivity index (χ1v) is 10.4. The highest BCUT2D eigenvalue weighted by Gasteiger charge is 2.31. The van der Waals surface area contributed by atoms with E-state index in [1.54, 1.807) is 4.90 Å². The molecule has 1 aliphatic heterocycles. The Labute approximate surface area is 171 Å². The normalized spacial score (nSPS) is 15.6. The van der Waals surface area contributed by atoms with Gasteiger partial charge in [0.25, 0.3) is 5.91 Å². The Kier molecular flexibility index (Phi) is 6.35. The summed E-state index contributed by atoms with van der Waals surface area (Å²) >= 11 is 7.95. The molecule has 9 heteroatoms. The minimum absolute atomic E-state index is 0.106.